The predicted molar refractivity (Wildman–Crippen MR) is 101 cm³/mol. The molecule has 1 aliphatic rings. The number of nitrogens with zero attached hydrogens (tertiary/aromatic N) is 3. The van der Waals surface area contributed by atoms with E-state index in [1.54, 1.807) is 18.5 Å². The molecule has 0 saturated carbocycles. The van der Waals surface area contributed by atoms with E-state index in [2.05, 4.69) is 43.1 Å². The van der Waals surface area contributed by atoms with E-state index < -0.39 is 0 Å². The number of amides is 1. The number of hydrogen-bond donors (Lipinski definition) is 1. The number of benzene rings is 1. The third-order valence-electron chi connectivity index (χ3n) is 4.02. The van der Waals surface area contributed by atoms with Gasteiger partial charge < -0.3 is 15.1 Å². The van der Waals surface area contributed by atoms with Crippen LogP contribution in [0, 0.1) is 0 Å². The third kappa shape index (κ3) is 3.88. The van der Waals surface area contributed by atoms with E-state index >= 15 is 0 Å². The number of aromatic nitrogens is 1. The summed E-state index contributed by atoms with van der Waals surface area (Å²) in [6.45, 7) is 3.69. The molecule has 3 rings (SSSR count). The summed E-state index contributed by atoms with van der Waals surface area (Å²) >= 11 is 9.76. The van der Waals surface area contributed by atoms with Gasteiger partial charge in [-0.25, -0.2) is 0 Å². The van der Waals surface area contributed by atoms with Crippen molar-refractivity contribution in [2.75, 3.05) is 43.4 Å². The van der Waals surface area contributed by atoms with E-state index in [-0.39, 0.29) is 5.91 Å². The fraction of sp³-hybridized carbons (Fsp3) is 0.294. The van der Waals surface area contributed by atoms with Crippen LogP contribution in [0.15, 0.2) is 41.1 Å². The van der Waals surface area contributed by atoms with Crippen LogP contribution in [0.3, 0.4) is 0 Å². The van der Waals surface area contributed by atoms with E-state index in [1.165, 1.54) is 0 Å². The van der Waals surface area contributed by atoms with E-state index in [4.69, 9.17) is 11.6 Å². The number of carbonyl (C=O) groups excluding carboxylic acids is 1. The van der Waals surface area contributed by atoms with Crippen LogP contribution in [0.25, 0.3) is 0 Å². The molecule has 1 amide bonds. The maximum Gasteiger partial charge on any atom is 0.257 e. The smallest absolute Gasteiger partial charge is 0.257 e. The van der Waals surface area contributed by atoms with Gasteiger partial charge in [0, 0.05) is 43.0 Å². The highest BCUT2D eigenvalue weighted by molar-refractivity contribution is 9.10. The lowest BCUT2D eigenvalue weighted by molar-refractivity contribution is 0.102. The molecule has 0 aliphatic carbocycles. The Balaban J connectivity index is 1.85. The van der Waals surface area contributed by atoms with Crippen LogP contribution >= 0.6 is 27.5 Å². The van der Waals surface area contributed by atoms with E-state index in [1.807, 2.05) is 18.2 Å². The minimum absolute atomic E-state index is 0.207. The van der Waals surface area contributed by atoms with Gasteiger partial charge in [-0.15, -0.1) is 0 Å². The molecule has 1 aromatic carbocycles. The molecule has 1 saturated heterocycles. The van der Waals surface area contributed by atoms with Crippen molar-refractivity contribution in [1.29, 1.82) is 0 Å². The van der Waals surface area contributed by atoms with Gasteiger partial charge in [0.2, 0.25) is 0 Å². The molecule has 5 nitrogen and oxygen atoms in total. The molecule has 1 fully saturated rings. The molecule has 0 radical (unpaired) electrons. The monoisotopic (exact) mass is 408 g/mol. The standard InChI is InChI=1S/C17H18BrClN4O/c1-22-5-7-23(8-6-22)16-14(19)3-2-4-15(16)21-17(24)12-9-13(18)11-20-10-12/h2-4,9-11H,5-8H2,1H3,(H,21,24). The largest absolute Gasteiger partial charge is 0.366 e. The van der Waals surface area contributed by atoms with Crippen molar-refractivity contribution in [3.63, 3.8) is 0 Å². The zero-order valence-corrected chi connectivity index (χ0v) is 15.6. The first-order chi connectivity index (χ1) is 11.5. The molecule has 1 aliphatic heterocycles. The maximum absolute atomic E-state index is 12.5. The van der Waals surface area contributed by atoms with Crippen LogP contribution in [0.1, 0.15) is 10.4 Å². The first-order valence-corrected chi connectivity index (χ1v) is 8.85. The lowest BCUT2D eigenvalue weighted by atomic mass is 10.2. The van der Waals surface area contributed by atoms with Crippen molar-refractivity contribution in [1.82, 2.24) is 9.88 Å². The quantitative estimate of drug-likeness (QED) is 0.843. The van der Waals surface area contributed by atoms with Gasteiger partial charge in [0.25, 0.3) is 5.91 Å². The molecule has 0 unspecified atom stereocenters. The second-order valence-corrected chi connectivity index (χ2v) is 7.10. The number of pyridine rings is 1. The van der Waals surface area contributed by atoms with Gasteiger partial charge in [-0.2, -0.15) is 0 Å². The first-order valence-electron chi connectivity index (χ1n) is 7.68. The molecule has 2 heterocycles. The predicted octanol–water partition coefficient (Wildman–Crippen LogP) is 3.50. The Morgan fingerprint density at radius 1 is 1.25 bits per heavy atom. The summed E-state index contributed by atoms with van der Waals surface area (Å²) in [6.07, 6.45) is 3.19. The van der Waals surface area contributed by atoms with Crippen LogP contribution in [-0.4, -0.2) is 49.0 Å². The number of para-hydroxylation sites is 1. The van der Waals surface area contributed by atoms with Crippen molar-refractivity contribution in [2.24, 2.45) is 0 Å². The molecule has 0 atom stereocenters. The maximum atomic E-state index is 12.5. The highest BCUT2D eigenvalue weighted by Gasteiger charge is 2.20. The van der Waals surface area contributed by atoms with Gasteiger partial charge in [-0.1, -0.05) is 17.7 Å². The summed E-state index contributed by atoms with van der Waals surface area (Å²) in [4.78, 5) is 21.1. The van der Waals surface area contributed by atoms with Crippen LogP contribution in [0.4, 0.5) is 11.4 Å². The molecular weight excluding hydrogens is 392 g/mol. The SMILES string of the molecule is CN1CCN(c2c(Cl)cccc2NC(=O)c2cncc(Br)c2)CC1. The molecule has 1 aromatic heterocycles. The Labute approximate surface area is 154 Å². The van der Waals surface area contributed by atoms with E-state index in [0.29, 0.717) is 10.6 Å². The minimum Gasteiger partial charge on any atom is -0.366 e. The number of halogens is 2. The van der Waals surface area contributed by atoms with E-state index in [0.717, 1.165) is 42.0 Å². The number of nitrogens with one attached hydrogen (secondary N) is 1. The summed E-state index contributed by atoms with van der Waals surface area (Å²) in [5.74, 6) is -0.207. The van der Waals surface area contributed by atoms with Crippen LogP contribution < -0.4 is 10.2 Å². The Hall–Kier alpha value is -1.63. The summed E-state index contributed by atoms with van der Waals surface area (Å²) in [6, 6.07) is 7.31. The molecule has 24 heavy (non-hydrogen) atoms. The highest BCUT2D eigenvalue weighted by atomic mass is 79.9. The lowest BCUT2D eigenvalue weighted by Crippen LogP contribution is -2.44. The van der Waals surface area contributed by atoms with Gasteiger partial charge >= 0.3 is 0 Å². The number of likely N-dealkylation sites (N-methyl/N-ethyl adjacent to an activating group) is 1. The van der Waals surface area contributed by atoms with Crippen LogP contribution in [0.2, 0.25) is 5.02 Å². The molecule has 0 bridgehead atoms. The zero-order chi connectivity index (χ0) is 17.1. The van der Waals surface area contributed by atoms with E-state index in [9.17, 15) is 4.79 Å². The van der Waals surface area contributed by atoms with Crippen molar-refractivity contribution in [3.05, 3.63) is 51.7 Å². The summed E-state index contributed by atoms with van der Waals surface area (Å²) in [5.41, 5.74) is 2.09. The molecule has 2 aromatic rings. The summed E-state index contributed by atoms with van der Waals surface area (Å²) < 4.78 is 0.764. The van der Waals surface area contributed by atoms with Gasteiger partial charge in [0.05, 0.1) is 22.0 Å². The van der Waals surface area contributed by atoms with Crippen molar-refractivity contribution in [3.8, 4) is 0 Å². The van der Waals surface area contributed by atoms with Crippen molar-refractivity contribution in [2.45, 2.75) is 0 Å². The summed E-state index contributed by atoms with van der Waals surface area (Å²) in [5, 5.41) is 3.61. The number of rotatable bonds is 3. The number of carbonyl (C=O) groups is 1. The first kappa shape index (κ1) is 17.2. The Kier molecular flexibility index (Phi) is 5.38. The molecule has 7 heteroatoms. The minimum atomic E-state index is -0.207. The summed E-state index contributed by atoms with van der Waals surface area (Å²) in [7, 11) is 2.10. The average Bonchev–Trinajstić information content (AvgIpc) is 2.56. The number of hydrogen-bond acceptors (Lipinski definition) is 4. The Bertz CT molecular complexity index is 747. The topological polar surface area (TPSA) is 48.5 Å². The Morgan fingerprint density at radius 2 is 2.00 bits per heavy atom. The van der Waals surface area contributed by atoms with Gasteiger partial charge in [0.15, 0.2) is 0 Å². The van der Waals surface area contributed by atoms with Gasteiger partial charge in [-0.3, -0.25) is 9.78 Å². The fourth-order valence-corrected chi connectivity index (χ4v) is 3.36. The number of piperazine rings is 1. The normalized spacial score (nSPS) is 15.4. The highest BCUT2D eigenvalue weighted by Crippen LogP contribution is 2.34. The molecule has 1 N–H and O–H groups in total. The van der Waals surface area contributed by atoms with Crippen LogP contribution in [-0.2, 0) is 0 Å². The van der Waals surface area contributed by atoms with Gasteiger partial charge in [-0.05, 0) is 41.2 Å². The Morgan fingerprint density at radius 3 is 2.71 bits per heavy atom. The van der Waals surface area contributed by atoms with Gasteiger partial charge in [0.1, 0.15) is 0 Å². The van der Waals surface area contributed by atoms with Crippen molar-refractivity contribution < 1.29 is 4.79 Å². The zero-order valence-electron chi connectivity index (χ0n) is 13.3. The second kappa shape index (κ2) is 7.51. The van der Waals surface area contributed by atoms with Crippen molar-refractivity contribution >= 4 is 44.8 Å². The molecule has 0 spiro atoms. The molecular formula is C17H18BrClN4O. The fourth-order valence-electron chi connectivity index (χ4n) is 2.70. The second-order valence-electron chi connectivity index (χ2n) is 5.77. The third-order valence-corrected chi connectivity index (χ3v) is 4.76. The van der Waals surface area contributed by atoms with Crippen LogP contribution in [0.5, 0.6) is 0 Å². The number of anilines is 2. The average molecular weight is 410 g/mol. The molecule has 126 valence electrons. The lowest BCUT2D eigenvalue weighted by Gasteiger charge is -2.35.